The maximum atomic E-state index is 5.33. The molecule has 1 atom stereocenters. The van der Waals surface area contributed by atoms with E-state index in [-0.39, 0.29) is 42.9 Å². The van der Waals surface area contributed by atoms with Crippen LogP contribution in [-0.4, -0.2) is 22.3 Å². The molecule has 1 unspecified atom stereocenters. The summed E-state index contributed by atoms with van der Waals surface area (Å²) in [5.74, 6) is 0. The second-order valence-electron chi connectivity index (χ2n) is 12.7. The molecule has 0 bridgehead atoms. The molecular weight excluding hydrogens is 709 g/mol. The Hall–Kier alpha value is -1.22. The van der Waals surface area contributed by atoms with Crippen LogP contribution in [-0.2, 0) is 0 Å². The van der Waals surface area contributed by atoms with Gasteiger partial charge in [0.1, 0.15) is 0 Å². The predicted octanol–water partition coefficient (Wildman–Crippen LogP) is 10.6. The summed E-state index contributed by atoms with van der Waals surface area (Å²) < 4.78 is 0. The van der Waals surface area contributed by atoms with Crippen molar-refractivity contribution in [3.8, 4) is 0 Å². The third-order valence-corrected chi connectivity index (χ3v) is 7.95. The summed E-state index contributed by atoms with van der Waals surface area (Å²) in [4.78, 5) is 0. The molecule has 0 spiro atoms. The fourth-order valence-corrected chi connectivity index (χ4v) is 6.23. The fraction of sp³-hybridized carbons (Fsp3) is 0.278. The van der Waals surface area contributed by atoms with Crippen molar-refractivity contribution >= 4 is 40.4 Å². The SMILES string of the molecule is Cc1cccc(C)c1[N-]C(CP(c1ccccc1)c1ccccc1)c1ccccc1.[CH2-][Si](C)(C)C.[CH2-][Si](C)(C)C.[Lu+3]. The van der Waals surface area contributed by atoms with Crippen molar-refractivity contribution in [2.75, 3.05) is 6.16 Å². The maximum absolute atomic E-state index is 5.33. The normalized spacial score (nSPS) is 11.7. The van der Waals surface area contributed by atoms with Gasteiger partial charge in [0.05, 0.1) is 0 Å². The number of benzene rings is 4. The number of rotatable bonds is 7. The topological polar surface area (TPSA) is 14.1 Å². The Morgan fingerprint density at radius 2 is 0.927 bits per heavy atom. The van der Waals surface area contributed by atoms with Gasteiger partial charge in [0, 0.05) is 0 Å². The standard InChI is InChI=1S/C28H27NP.2C4H11Si.Lu/c1-22-13-12-14-23(2)28(22)29-27(24-15-6-3-7-16-24)21-30(25-17-8-4-9-18-25)26-19-10-5-11-20-26;2*1-5(2,3)4;/h3-20,27H,21H2,1-2H3;2*1H2,2-4H3;/q3*-1;+3. The van der Waals surface area contributed by atoms with Crippen LogP contribution in [0.3, 0.4) is 0 Å². The van der Waals surface area contributed by atoms with Gasteiger partial charge < -0.3 is 18.4 Å². The van der Waals surface area contributed by atoms with Gasteiger partial charge in [0.2, 0.25) is 0 Å². The number of hydrogen-bond donors (Lipinski definition) is 0. The Labute approximate surface area is 284 Å². The molecular formula is C36H49LuNPSi2. The Morgan fingerprint density at radius 3 is 1.29 bits per heavy atom. The van der Waals surface area contributed by atoms with E-state index in [1.165, 1.54) is 27.3 Å². The van der Waals surface area contributed by atoms with Gasteiger partial charge in [-0.25, -0.2) is 0 Å². The zero-order chi connectivity index (χ0) is 29.8. The van der Waals surface area contributed by atoms with E-state index in [1.807, 2.05) is 0 Å². The van der Waals surface area contributed by atoms with E-state index in [0.29, 0.717) is 0 Å². The summed E-state index contributed by atoms with van der Waals surface area (Å²) in [7, 11) is -2.25. The molecule has 0 amide bonds. The Balaban J connectivity index is 0.000000661. The molecule has 0 aliphatic rings. The quantitative estimate of drug-likeness (QED) is 0.101. The molecule has 4 aromatic carbocycles. The fourth-order valence-electron chi connectivity index (χ4n) is 3.81. The van der Waals surface area contributed by atoms with Crippen molar-refractivity contribution < 1.29 is 36.9 Å². The summed E-state index contributed by atoms with van der Waals surface area (Å²) in [6, 6.07) is 39.1. The summed E-state index contributed by atoms with van der Waals surface area (Å²) in [6.07, 6.45) is 0.987. The summed E-state index contributed by atoms with van der Waals surface area (Å²) in [6.45, 7) is 25.4. The molecule has 0 heterocycles. The molecule has 0 aliphatic heterocycles. The minimum atomic E-state index is -0.861. The van der Waals surface area contributed by atoms with Gasteiger partial charge in [0.25, 0.3) is 0 Å². The number of aryl methyl sites for hydroxylation is 2. The molecule has 0 radical (unpaired) electrons. The van der Waals surface area contributed by atoms with Crippen molar-refractivity contribution in [2.24, 2.45) is 0 Å². The third kappa shape index (κ3) is 16.3. The van der Waals surface area contributed by atoms with E-state index >= 15 is 0 Å². The molecule has 0 saturated heterocycles. The second-order valence-corrected chi connectivity index (χ2v) is 25.2. The van der Waals surface area contributed by atoms with Gasteiger partial charge in [-0.15, -0.1) is 21.8 Å². The van der Waals surface area contributed by atoms with Crippen LogP contribution in [0.2, 0.25) is 39.3 Å². The van der Waals surface area contributed by atoms with Crippen LogP contribution in [0.4, 0.5) is 5.69 Å². The number of nitrogens with zero attached hydrogens (tertiary/aromatic N) is 1. The summed E-state index contributed by atoms with van der Waals surface area (Å²) >= 11 is 0. The van der Waals surface area contributed by atoms with Crippen molar-refractivity contribution in [3.05, 3.63) is 144 Å². The van der Waals surface area contributed by atoms with E-state index in [1.54, 1.807) is 0 Å². The van der Waals surface area contributed by atoms with E-state index < -0.39 is 24.1 Å². The van der Waals surface area contributed by atoms with Gasteiger partial charge in [-0.05, 0) is 38.5 Å². The zero-order valence-corrected chi connectivity index (χ0v) is 30.8. The molecule has 4 aromatic rings. The van der Waals surface area contributed by atoms with E-state index in [4.69, 9.17) is 5.32 Å². The second kappa shape index (κ2) is 18.4. The Kier molecular flexibility index (Phi) is 17.0. The van der Waals surface area contributed by atoms with Crippen LogP contribution >= 0.6 is 7.92 Å². The van der Waals surface area contributed by atoms with E-state index in [0.717, 1.165) is 11.8 Å². The maximum Gasteiger partial charge on any atom is 3.00 e. The van der Waals surface area contributed by atoms with Gasteiger partial charge in [-0.2, -0.15) is 0 Å². The molecule has 0 fully saturated rings. The molecule has 0 aliphatic carbocycles. The third-order valence-electron chi connectivity index (χ3n) is 5.40. The number of para-hydroxylation sites is 1. The molecule has 1 nitrogen and oxygen atoms in total. The molecule has 41 heavy (non-hydrogen) atoms. The van der Waals surface area contributed by atoms with Gasteiger partial charge in [0.15, 0.2) is 0 Å². The Morgan fingerprint density at radius 1 is 0.585 bits per heavy atom. The van der Waals surface area contributed by atoms with Gasteiger partial charge in [-0.3, -0.25) is 0 Å². The first kappa shape index (κ1) is 37.8. The average Bonchev–Trinajstić information content (AvgIpc) is 2.88. The largest absolute Gasteiger partial charge is 3.00 e. The van der Waals surface area contributed by atoms with Crippen molar-refractivity contribution in [1.82, 2.24) is 0 Å². The van der Waals surface area contributed by atoms with Crippen molar-refractivity contribution in [2.45, 2.75) is 59.2 Å². The molecule has 4 rings (SSSR count). The van der Waals surface area contributed by atoms with Crippen LogP contribution in [0, 0.1) is 63.8 Å². The molecule has 0 N–H and O–H groups in total. The number of hydrogen-bond acceptors (Lipinski definition) is 0. The minimum Gasteiger partial charge on any atom is -0.677 e. The van der Waals surface area contributed by atoms with E-state index in [2.05, 4.69) is 175 Å². The van der Waals surface area contributed by atoms with Gasteiger partial charge >= 0.3 is 36.9 Å². The first-order valence-electron chi connectivity index (χ1n) is 14.1. The molecule has 5 heteroatoms. The first-order chi connectivity index (χ1) is 18.7. The summed E-state index contributed by atoms with van der Waals surface area (Å²) in [5, 5.41) is 8.13. The smallest absolute Gasteiger partial charge is 0.677 e. The van der Waals surface area contributed by atoms with Gasteiger partial charge in [-0.1, -0.05) is 171 Å². The minimum absolute atomic E-state index is 0. The molecule has 0 aromatic heterocycles. The average molecular weight is 758 g/mol. The van der Waals surface area contributed by atoms with Crippen LogP contribution in [0.1, 0.15) is 22.7 Å². The van der Waals surface area contributed by atoms with Crippen molar-refractivity contribution in [3.63, 3.8) is 0 Å². The van der Waals surface area contributed by atoms with Crippen LogP contribution in [0.25, 0.3) is 5.32 Å². The van der Waals surface area contributed by atoms with E-state index in [9.17, 15) is 0 Å². The predicted molar refractivity (Wildman–Crippen MR) is 189 cm³/mol. The van der Waals surface area contributed by atoms with Crippen LogP contribution < -0.4 is 10.6 Å². The monoisotopic (exact) mass is 757 g/mol. The summed E-state index contributed by atoms with van der Waals surface area (Å²) in [5.41, 5.74) is 4.88. The van der Waals surface area contributed by atoms with Crippen molar-refractivity contribution in [1.29, 1.82) is 0 Å². The molecule has 0 saturated carbocycles. The van der Waals surface area contributed by atoms with Crippen LogP contribution in [0.5, 0.6) is 0 Å². The van der Waals surface area contributed by atoms with Crippen LogP contribution in [0.15, 0.2) is 109 Å². The first-order valence-corrected chi connectivity index (χ1v) is 23.1. The zero-order valence-electron chi connectivity index (χ0n) is 26.2. The molecule has 226 valence electrons. The Bertz CT molecular complexity index is 1170.